The number of aromatic nitrogens is 2. The number of amides is 1. The number of rotatable bonds is 14. The highest BCUT2D eigenvalue weighted by molar-refractivity contribution is 5.99. The molecule has 1 aromatic heterocycles. The summed E-state index contributed by atoms with van der Waals surface area (Å²) in [7, 11) is 0. The Balaban J connectivity index is 1.50. The molecule has 2 saturated carbocycles. The fourth-order valence-electron chi connectivity index (χ4n) is 5.40. The average Bonchev–Trinajstić information content (AvgIpc) is 3.82. The van der Waals surface area contributed by atoms with Crippen LogP contribution >= 0.6 is 0 Å². The summed E-state index contributed by atoms with van der Waals surface area (Å²) >= 11 is 0. The van der Waals surface area contributed by atoms with Crippen molar-refractivity contribution in [1.82, 2.24) is 20.2 Å². The van der Waals surface area contributed by atoms with E-state index in [-0.39, 0.29) is 34.8 Å². The van der Waals surface area contributed by atoms with Gasteiger partial charge in [0.2, 0.25) is 5.91 Å². The normalized spacial score (nSPS) is 20.1. The molecule has 1 aliphatic heterocycles. The molecule has 1 aromatic rings. The molecule has 11 heteroatoms. The monoisotopic (exact) mass is 563 g/mol. The number of amidine groups is 1. The Morgan fingerprint density at radius 3 is 2.58 bits per heavy atom. The van der Waals surface area contributed by atoms with E-state index in [9.17, 15) is 18.0 Å². The van der Waals surface area contributed by atoms with E-state index in [0.29, 0.717) is 32.1 Å². The first-order valence-electron chi connectivity index (χ1n) is 14.9. The number of alkyl halides is 3. The number of carbonyl (C=O) groups is 1. The minimum absolute atomic E-state index is 0.106. The van der Waals surface area contributed by atoms with Gasteiger partial charge in [-0.2, -0.15) is 23.1 Å². The molecule has 40 heavy (non-hydrogen) atoms. The van der Waals surface area contributed by atoms with E-state index in [2.05, 4.69) is 39.4 Å². The summed E-state index contributed by atoms with van der Waals surface area (Å²) in [5, 5.41) is 6.42. The predicted molar refractivity (Wildman–Crippen MR) is 151 cm³/mol. The van der Waals surface area contributed by atoms with Crippen molar-refractivity contribution in [3.63, 3.8) is 0 Å². The third-order valence-electron chi connectivity index (χ3n) is 8.15. The molecule has 0 spiro atoms. The third-order valence-corrected chi connectivity index (χ3v) is 8.15. The molecule has 3 fully saturated rings. The Hall–Kier alpha value is -2.85. The smallest absolute Gasteiger partial charge is 0.388 e. The van der Waals surface area contributed by atoms with Gasteiger partial charge in [-0.3, -0.25) is 4.79 Å². The number of hydrogen-bond donors (Lipinski definition) is 3. The summed E-state index contributed by atoms with van der Waals surface area (Å²) in [5.74, 6) is 0.238. The summed E-state index contributed by atoms with van der Waals surface area (Å²) in [6, 6.07) is 0.342. The second kappa shape index (κ2) is 13.2. The van der Waals surface area contributed by atoms with Crippen LogP contribution in [0.5, 0.6) is 0 Å². The maximum Gasteiger partial charge on any atom is 0.421 e. The summed E-state index contributed by atoms with van der Waals surface area (Å²) in [5.41, 5.74) is 6.04. The number of nitrogens with two attached hydrogens (primary N) is 1. The first-order valence-corrected chi connectivity index (χ1v) is 14.9. The number of aliphatic imine (C=N–C) groups is 1. The number of hydrogen-bond acceptors (Lipinski definition) is 6. The van der Waals surface area contributed by atoms with Gasteiger partial charge in [-0.1, -0.05) is 33.1 Å². The van der Waals surface area contributed by atoms with E-state index in [1.807, 2.05) is 11.1 Å². The van der Waals surface area contributed by atoms with Crippen molar-refractivity contribution < 1.29 is 18.0 Å². The lowest BCUT2D eigenvalue weighted by atomic mass is 10.1. The van der Waals surface area contributed by atoms with Gasteiger partial charge in [-0.05, 0) is 57.3 Å². The molecule has 222 valence electrons. The number of halogens is 3. The van der Waals surface area contributed by atoms with E-state index >= 15 is 0 Å². The molecule has 0 bridgehead atoms. The molecule has 3 aliphatic rings. The van der Waals surface area contributed by atoms with Gasteiger partial charge < -0.3 is 21.3 Å². The van der Waals surface area contributed by atoms with E-state index in [1.165, 1.54) is 0 Å². The molecule has 0 aromatic carbocycles. The van der Waals surface area contributed by atoms with Crippen LogP contribution < -0.4 is 16.4 Å². The molecule has 0 unspecified atom stereocenters. The summed E-state index contributed by atoms with van der Waals surface area (Å²) in [6.07, 6.45) is 9.45. The first-order chi connectivity index (χ1) is 19.1. The molecule has 1 amide bonds. The Morgan fingerprint density at radius 2 is 1.95 bits per heavy atom. The molecular weight excluding hydrogens is 519 g/mol. The van der Waals surface area contributed by atoms with Crippen molar-refractivity contribution in [2.24, 2.45) is 22.1 Å². The summed E-state index contributed by atoms with van der Waals surface area (Å²) in [6.45, 7) is 5.87. The van der Waals surface area contributed by atoms with Crippen LogP contribution in [0.3, 0.4) is 0 Å². The Bertz CT molecular complexity index is 1070. The van der Waals surface area contributed by atoms with Crippen LogP contribution in [-0.2, 0) is 11.0 Å². The molecule has 0 radical (unpaired) electrons. The maximum atomic E-state index is 13.8. The number of nitrogens with zero attached hydrogens (tertiary/aromatic N) is 4. The van der Waals surface area contributed by atoms with Gasteiger partial charge in [0.05, 0.1) is 0 Å². The molecule has 0 atom stereocenters. The third kappa shape index (κ3) is 8.33. The minimum Gasteiger partial charge on any atom is -0.388 e. The summed E-state index contributed by atoms with van der Waals surface area (Å²) < 4.78 is 41.5. The Kier molecular flexibility index (Phi) is 9.94. The quantitative estimate of drug-likeness (QED) is 0.191. The second-order valence-electron chi connectivity index (χ2n) is 11.7. The van der Waals surface area contributed by atoms with Crippen LogP contribution in [0, 0.1) is 11.3 Å². The molecule has 8 nitrogen and oxygen atoms in total. The van der Waals surface area contributed by atoms with Crippen molar-refractivity contribution in [2.75, 3.05) is 25.0 Å². The SMILES string of the molecule is CCCC(CCC)N/C=C(\C(N)=N\c1ncc(C(F)(F)F)c(NCC2(CN3CCCCCC3=O)CC2)n1)C1CC1. The van der Waals surface area contributed by atoms with Crippen molar-refractivity contribution in [1.29, 1.82) is 0 Å². The number of likely N-dealkylation sites (tertiary alicyclic amines) is 1. The summed E-state index contributed by atoms with van der Waals surface area (Å²) in [4.78, 5) is 26.8. The van der Waals surface area contributed by atoms with Crippen LogP contribution in [0.4, 0.5) is 24.9 Å². The van der Waals surface area contributed by atoms with Gasteiger partial charge in [0, 0.05) is 55.5 Å². The second-order valence-corrected chi connectivity index (χ2v) is 11.7. The highest BCUT2D eigenvalue weighted by atomic mass is 19.4. The van der Waals surface area contributed by atoms with Gasteiger partial charge in [-0.15, -0.1) is 0 Å². The standard InChI is InChI=1S/C29H44F3N7O/c1-3-8-21(9-4-2)34-16-22(20-11-12-20)25(33)37-27-35-17-23(29(30,31)32)26(38-27)36-18-28(13-14-28)19-39-15-7-5-6-10-24(39)40/h16-17,20-21,34H,3-15,18-19H2,1-2H3,(H3,33,35,36,37,38)/b22-16-. The molecular formula is C29H44F3N7O. The van der Waals surface area contributed by atoms with Gasteiger partial charge >= 0.3 is 6.18 Å². The van der Waals surface area contributed by atoms with E-state index in [4.69, 9.17) is 5.73 Å². The van der Waals surface area contributed by atoms with Crippen LogP contribution in [0.2, 0.25) is 0 Å². The van der Waals surface area contributed by atoms with E-state index in [1.54, 1.807) is 0 Å². The van der Waals surface area contributed by atoms with E-state index in [0.717, 1.165) is 82.4 Å². The largest absolute Gasteiger partial charge is 0.421 e. The number of nitrogens with one attached hydrogen (secondary N) is 2. The minimum atomic E-state index is -4.62. The fraction of sp³-hybridized carbons (Fsp3) is 0.724. The maximum absolute atomic E-state index is 13.8. The van der Waals surface area contributed by atoms with Crippen molar-refractivity contribution in [3.8, 4) is 0 Å². The molecule has 2 heterocycles. The predicted octanol–water partition coefficient (Wildman–Crippen LogP) is 5.93. The zero-order valence-electron chi connectivity index (χ0n) is 23.8. The van der Waals surface area contributed by atoms with Crippen molar-refractivity contribution in [3.05, 3.63) is 23.5 Å². The lowest BCUT2D eigenvalue weighted by Crippen LogP contribution is -2.38. The van der Waals surface area contributed by atoms with Gasteiger partial charge in [0.25, 0.3) is 5.95 Å². The number of carbonyl (C=O) groups excluding carboxylic acids is 1. The highest BCUT2D eigenvalue weighted by Gasteiger charge is 2.45. The van der Waals surface area contributed by atoms with Crippen LogP contribution in [-0.4, -0.2) is 52.3 Å². The first kappa shape index (κ1) is 30.1. The topological polar surface area (TPSA) is 109 Å². The van der Waals surface area contributed by atoms with Crippen molar-refractivity contribution in [2.45, 2.75) is 103 Å². The van der Waals surface area contributed by atoms with Crippen LogP contribution in [0.25, 0.3) is 0 Å². The molecule has 4 N–H and O–H groups in total. The van der Waals surface area contributed by atoms with E-state index < -0.39 is 11.7 Å². The molecule has 1 saturated heterocycles. The van der Waals surface area contributed by atoms with Crippen LogP contribution in [0.1, 0.15) is 96.5 Å². The fourth-order valence-corrected chi connectivity index (χ4v) is 5.40. The van der Waals surface area contributed by atoms with Crippen molar-refractivity contribution >= 4 is 23.5 Å². The Labute approximate surface area is 235 Å². The van der Waals surface area contributed by atoms with Gasteiger partial charge in [0.15, 0.2) is 0 Å². The lowest BCUT2D eigenvalue weighted by molar-refractivity contribution is -0.137. The molecule has 2 aliphatic carbocycles. The van der Waals surface area contributed by atoms with Gasteiger partial charge in [0.1, 0.15) is 17.2 Å². The zero-order chi connectivity index (χ0) is 28.8. The lowest BCUT2D eigenvalue weighted by Gasteiger charge is -2.27. The molecule has 4 rings (SSSR count). The van der Waals surface area contributed by atoms with Crippen LogP contribution in [0.15, 0.2) is 23.0 Å². The highest BCUT2D eigenvalue weighted by Crippen LogP contribution is 2.47. The average molecular weight is 564 g/mol. The number of anilines is 1. The van der Waals surface area contributed by atoms with Gasteiger partial charge in [-0.25, -0.2) is 4.98 Å². The zero-order valence-corrected chi connectivity index (χ0v) is 23.8. The Morgan fingerprint density at radius 1 is 1.23 bits per heavy atom.